The lowest BCUT2D eigenvalue weighted by Gasteiger charge is -2.28. The van der Waals surface area contributed by atoms with E-state index >= 15 is 0 Å². The summed E-state index contributed by atoms with van der Waals surface area (Å²) in [7, 11) is 3.11. The molecule has 0 radical (unpaired) electrons. The predicted octanol–water partition coefficient (Wildman–Crippen LogP) is 3.70. The van der Waals surface area contributed by atoms with Crippen LogP contribution in [0.5, 0.6) is 5.88 Å². The van der Waals surface area contributed by atoms with Crippen molar-refractivity contribution in [3.05, 3.63) is 89.5 Å². The first kappa shape index (κ1) is 26.1. The predicted molar refractivity (Wildman–Crippen MR) is 152 cm³/mol. The number of piperazine rings is 1. The zero-order valence-electron chi connectivity index (χ0n) is 22.0. The number of methoxy groups -OCH3 is 1. The number of aromatic nitrogens is 1. The molecule has 5 rings (SSSR count). The van der Waals surface area contributed by atoms with Crippen LogP contribution in [0, 0.1) is 0 Å². The topological polar surface area (TPSA) is 110 Å². The summed E-state index contributed by atoms with van der Waals surface area (Å²) in [5.74, 6) is -0.474. The highest BCUT2D eigenvalue weighted by Gasteiger charge is 2.21. The van der Waals surface area contributed by atoms with Gasteiger partial charge in [-0.2, -0.15) is 0 Å². The summed E-state index contributed by atoms with van der Waals surface area (Å²) in [6.07, 6.45) is 0. The van der Waals surface area contributed by atoms with Gasteiger partial charge in [-0.15, -0.1) is 0 Å². The molecule has 1 fully saturated rings. The Kier molecular flexibility index (Phi) is 7.72. The van der Waals surface area contributed by atoms with Crippen LogP contribution < -0.4 is 10.2 Å². The molecule has 0 aliphatic carbocycles. The molecule has 1 aliphatic rings. The van der Waals surface area contributed by atoms with Crippen LogP contribution in [-0.4, -0.2) is 79.5 Å². The smallest absolute Gasteiger partial charge is 0.337 e. The van der Waals surface area contributed by atoms with Gasteiger partial charge in [-0.1, -0.05) is 36.4 Å². The minimum atomic E-state index is -0.457. The number of carbonyl (C=O) groups excluding carboxylic acids is 2. The summed E-state index contributed by atoms with van der Waals surface area (Å²) in [4.78, 5) is 36.6. The Balaban J connectivity index is 1.47. The van der Waals surface area contributed by atoms with Crippen LogP contribution in [0.4, 0.5) is 11.4 Å². The number of amides is 1. The fourth-order valence-corrected chi connectivity index (χ4v) is 4.72. The lowest BCUT2D eigenvalue weighted by molar-refractivity contribution is -0.119. The van der Waals surface area contributed by atoms with E-state index in [9.17, 15) is 14.7 Å². The minimum Gasteiger partial charge on any atom is -0.494 e. The Bertz CT molecular complexity index is 1510. The lowest BCUT2D eigenvalue weighted by atomic mass is 10.00. The highest BCUT2D eigenvalue weighted by molar-refractivity contribution is 6.22. The molecule has 1 amide bonds. The number of nitrogens with one attached hydrogen (secondary N) is 2. The van der Waals surface area contributed by atoms with Crippen molar-refractivity contribution in [2.24, 2.45) is 4.99 Å². The average molecular weight is 526 g/mol. The first-order valence-corrected chi connectivity index (χ1v) is 12.8. The van der Waals surface area contributed by atoms with Gasteiger partial charge in [0.25, 0.3) is 0 Å². The van der Waals surface area contributed by atoms with Gasteiger partial charge in [0.1, 0.15) is 0 Å². The maximum atomic E-state index is 12.8. The van der Waals surface area contributed by atoms with Crippen LogP contribution in [-0.2, 0) is 9.53 Å². The number of nitrogens with zero attached hydrogens (tertiary/aromatic N) is 3. The zero-order valence-corrected chi connectivity index (χ0v) is 22.0. The van der Waals surface area contributed by atoms with Crippen molar-refractivity contribution < 1.29 is 19.4 Å². The van der Waals surface area contributed by atoms with Gasteiger partial charge in [0.05, 0.1) is 36.2 Å². The molecular formula is C30H31N5O4. The molecule has 1 aliphatic heterocycles. The van der Waals surface area contributed by atoms with Crippen molar-refractivity contribution in [1.29, 1.82) is 0 Å². The third-order valence-corrected chi connectivity index (χ3v) is 6.90. The zero-order chi connectivity index (χ0) is 27.4. The van der Waals surface area contributed by atoms with E-state index < -0.39 is 5.97 Å². The quantitative estimate of drug-likeness (QED) is 0.251. The van der Waals surface area contributed by atoms with E-state index in [0.717, 1.165) is 42.8 Å². The fourth-order valence-electron chi connectivity index (χ4n) is 4.72. The molecule has 4 aromatic rings. The van der Waals surface area contributed by atoms with Crippen molar-refractivity contribution >= 4 is 39.9 Å². The SMILES string of the molecule is COC(=O)c1ccc2c(C(=Nc3ccc(N(C)C(=O)CN4CCNCC4)cc3)c3ccccc3)c(O)[nH]c2c1. The molecule has 0 spiro atoms. The molecule has 0 unspecified atom stereocenters. The largest absolute Gasteiger partial charge is 0.494 e. The van der Waals surface area contributed by atoms with E-state index in [-0.39, 0.29) is 11.8 Å². The van der Waals surface area contributed by atoms with Gasteiger partial charge in [0, 0.05) is 55.4 Å². The van der Waals surface area contributed by atoms with Gasteiger partial charge in [0.2, 0.25) is 5.91 Å². The molecule has 3 N–H and O–H groups in total. The molecule has 39 heavy (non-hydrogen) atoms. The fraction of sp³-hybridized carbons (Fsp3) is 0.233. The number of H-pyrrole nitrogens is 1. The number of aromatic hydroxyl groups is 1. The number of hydrogen-bond acceptors (Lipinski definition) is 7. The number of aromatic amines is 1. The molecular weight excluding hydrogens is 494 g/mol. The maximum absolute atomic E-state index is 12.8. The van der Waals surface area contributed by atoms with Crippen molar-refractivity contribution in [2.45, 2.75) is 0 Å². The molecule has 0 bridgehead atoms. The van der Waals surface area contributed by atoms with Gasteiger partial charge in [-0.3, -0.25) is 9.69 Å². The van der Waals surface area contributed by atoms with E-state index in [1.807, 2.05) is 54.6 Å². The Labute approximate surface area is 226 Å². The molecule has 200 valence electrons. The summed E-state index contributed by atoms with van der Waals surface area (Å²) < 4.78 is 4.83. The second kappa shape index (κ2) is 11.5. The number of ether oxygens (including phenoxy) is 1. The number of hydrogen-bond donors (Lipinski definition) is 3. The Morgan fingerprint density at radius 3 is 2.41 bits per heavy atom. The van der Waals surface area contributed by atoms with Crippen molar-refractivity contribution in [3.63, 3.8) is 0 Å². The summed E-state index contributed by atoms with van der Waals surface area (Å²) in [5, 5.41) is 15.0. The van der Waals surface area contributed by atoms with E-state index in [1.165, 1.54) is 7.11 Å². The molecule has 2 heterocycles. The second-order valence-corrected chi connectivity index (χ2v) is 9.42. The normalized spacial score (nSPS) is 14.4. The van der Waals surface area contributed by atoms with E-state index in [1.54, 1.807) is 30.1 Å². The standard InChI is InChI=1S/C30H31N5O4/c1-34(26(36)19-35-16-14-31-15-17-35)23-11-9-22(10-12-23)32-28(20-6-4-3-5-7-20)27-24-13-8-21(30(38)39-2)18-25(24)33-29(27)37/h3-13,18,31,33,37H,14-17,19H2,1-2H3. The number of anilines is 1. The highest BCUT2D eigenvalue weighted by atomic mass is 16.5. The van der Waals surface area contributed by atoms with Crippen LogP contribution in [0.3, 0.4) is 0 Å². The number of esters is 1. The van der Waals surface area contributed by atoms with Crippen LogP contribution in [0.15, 0.2) is 77.8 Å². The molecule has 1 aromatic heterocycles. The third kappa shape index (κ3) is 5.69. The Morgan fingerprint density at radius 1 is 1.00 bits per heavy atom. The summed E-state index contributed by atoms with van der Waals surface area (Å²) in [6, 6.07) is 22.1. The Hall–Kier alpha value is -4.47. The number of rotatable bonds is 7. The first-order chi connectivity index (χ1) is 18.9. The van der Waals surface area contributed by atoms with Crippen LogP contribution in [0.2, 0.25) is 0 Å². The van der Waals surface area contributed by atoms with Gasteiger partial charge in [-0.25, -0.2) is 9.79 Å². The summed E-state index contributed by atoms with van der Waals surface area (Å²) in [6.45, 7) is 3.89. The van der Waals surface area contributed by atoms with Crippen LogP contribution >= 0.6 is 0 Å². The van der Waals surface area contributed by atoms with Crippen LogP contribution in [0.25, 0.3) is 10.9 Å². The number of likely N-dealkylation sites (N-methyl/N-ethyl adjacent to an activating group) is 1. The van der Waals surface area contributed by atoms with Gasteiger partial charge in [0.15, 0.2) is 5.88 Å². The lowest BCUT2D eigenvalue weighted by Crippen LogP contribution is -2.47. The molecule has 0 saturated carbocycles. The minimum absolute atomic E-state index is 0.0353. The van der Waals surface area contributed by atoms with E-state index in [4.69, 9.17) is 9.73 Å². The molecule has 0 atom stereocenters. The highest BCUT2D eigenvalue weighted by Crippen LogP contribution is 2.32. The molecule has 9 heteroatoms. The van der Waals surface area contributed by atoms with Crippen LogP contribution in [0.1, 0.15) is 21.5 Å². The van der Waals surface area contributed by atoms with Gasteiger partial charge in [-0.05, 0) is 36.4 Å². The monoisotopic (exact) mass is 525 g/mol. The first-order valence-electron chi connectivity index (χ1n) is 12.8. The van der Waals surface area contributed by atoms with Gasteiger partial charge >= 0.3 is 5.97 Å². The third-order valence-electron chi connectivity index (χ3n) is 6.90. The number of aliphatic imine (C=N–C) groups is 1. The Morgan fingerprint density at radius 2 is 1.72 bits per heavy atom. The average Bonchev–Trinajstić information content (AvgIpc) is 3.31. The molecule has 1 saturated heterocycles. The maximum Gasteiger partial charge on any atom is 0.337 e. The molecule has 9 nitrogen and oxygen atoms in total. The van der Waals surface area contributed by atoms with E-state index in [0.29, 0.717) is 34.6 Å². The summed E-state index contributed by atoms with van der Waals surface area (Å²) in [5.41, 5.74) is 4.33. The van der Waals surface area contributed by atoms with Crippen molar-refractivity contribution in [1.82, 2.24) is 15.2 Å². The second-order valence-electron chi connectivity index (χ2n) is 9.42. The summed E-state index contributed by atoms with van der Waals surface area (Å²) >= 11 is 0. The van der Waals surface area contributed by atoms with Crippen molar-refractivity contribution in [3.8, 4) is 5.88 Å². The number of benzene rings is 3. The van der Waals surface area contributed by atoms with Crippen molar-refractivity contribution in [2.75, 3.05) is 51.8 Å². The molecule has 3 aromatic carbocycles. The van der Waals surface area contributed by atoms with Gasteiger partial charge < -0.3 is 25.0 Å². The number of fused-ring (bicyclic) bond motifs is 1. The number of carbonyl (C=O) groups is 2. The van der Waals surface area contributed by atoms with E-state index in [2.05, 4.69) is 15.2 Å².